The first-order valence-electron chi connectivity index (χ1n) is 31.0. The summed E-state index contributed by atoms with van der Waals surface area (Å²) in [5.41, 5.74) is 12.2. The summed E-state index contributed by atoms with van der Waals surface area (Å²) in [5, 5.41) is 3.66. The number of carbonyl (C=O) groups excluding carboxylic acids is 1. The molecule has 7 aromatic rings. The Morgan fingerprint density at radius 2 is 0.793 bits per heavy atom. The quantitative estimate of drug-likeness (QED) is 0.0105. The maximum Gasteiger partial charge on any atom is 2.00 e. The number of anilines is 1. The Hall–Kier alpha value is -1.13. The molecule has 82 heavy (non-hydrogen) atoms. The standard InChI is InChI=1S/C28H36N2S2.C14H18BrNS.C12H25.C8H15ClO.C6H6BrNS.BrH.Mg/c1-3-5-7-9-11-13-27-29-23-17-15-21(19-25(23)31-27)22-16-18-24-26(20-22)32-28(30-24)14-12-10-8-6-4-2;1-2-3-4-5-6-7-14-16-12-9-8-11(15)10-13(12)17-14;1-3-5-7-9-11-12-10-8-6-4-2;1-2-3-4-5-6-7-8(9)10;7-4-1-2-5(8)6(9)3-4;;/h15-20H,3-14H2,1-2H3;8-10H,2-7H2,1H3;1,3-12H2,2H3;2-7H2,1H3;1-3,9H,8H2;1H;/q;;-1;;;;+2/p-1. The van der Waals surface area contributed by atoms with Gasteiger partial charge in [-0.1, -0.05) is 239 Å². The number of aryl methyl sites for hydroxylation is 3. The number of aromatic nitrogens is 3. The van der Waals surface area contributed by atoms with E-state index in [4.69, 9.17) is 27.3 Å². The Bertz CT molecular complexity index is 2600. The number of thiazole rings is 3. The minimum atomic E-state index is -0.198. The van der Waals surface area contributed by atoms with E-state index in [1.807, 2.05) is 52.2 Å². The summed E-state index contributed by atoms with van der Waals surface area (Å²) in [7, 11) is 0. The van der Waals surface area contributed by atoms with Crippen LogP contribution in [-0.2, 0) is 24.1 Å². The van der Waals surface area contributed by atoms with E-state index in [1.54, 1.807) is 0 Å². The van der Waals surface area contributed by atoms with E-state index in [2.05, 4.69) is 146 Å². The molecule has 0 unspecified atom stereocenters. The van der Waals surface area contributed by atoms with Crippen LogP contribution in [0.2, 0.25) is 0 Å². The predicted octanol–water partition coefficient (Wildman–Crippen LogP) is 22.0. The number of nitrogens with zero attached hydrogens (tertiary/aromatic N) is 3. The monoisotopic (exact) mass is 1410 g/mol. The molecule has 0 bridgehead atoms. The van der Waals surface area contributed by atoms with Crippen LogP contribution in [0.1, 0.15) is 249 Å². The number of unbranched alkanes of at least 4 members (excludes halogenated alkanes) is 25. The van der Waals surface area contributed by atoms with Crippen LogP contribution in [0.15, 0.2) is 86.6 Å². The van der Waals surface area contributed by atoms with Crippen LogP contribution in [0.4, 0.5) is 5.69 Å². The third kappa shape index (κ3) is 35.6. The van der Waals surface area contributed by atoms with Gasteiger partial charge in [0.2, 0.25) is 5.24 Å². The van der Waals surface area contributed by atoms with Crippen molar-refractivity contribution in [2.75, 3.05) is 5.73 Å². The fraction of sp³-hybridized carbons (Fsp3) is 0.574. The minimum absolute atomic E-state index is 0. The van der Waals surface area contributed by atoms with Crippen LogP contribution in [0.25, 0.3) is 41.8 Å². The van der Waals surface area contributed by atoms with E-state index >= 15 is 0 Å². The second-order valence-electron chi connectivity index (χ2n) is 21.2. The van der Waals surface area contributed by atoms with Crippen molar-refractivity contribution in [2.24, 2.45) is 0 Å². The topological polar surface area (TPSA) is 81.8 Å². The summed E-state index contributed by atoms with van der Waals surface area (Å²) < 4.78 is 6.05. The molecule has 3 aromatic heterocycles. The van der Waals surface area contributed by atoms with Gasteiger partial charge in [0.15, 0.2) is 0 Å². The smallest absolute Gasteiger partial charge is 1.00 e. The van der Waals surface area contributed by atoms with Crippen molar-refractivity contribution in [1.82, 2.24) is 15.0 Å². The van der Waals surface area contributed by atoms with E-state index in [-0.39, 0.29) is 45.3 Å². The summed E-state index contributed by atoms with van der Waals surface area (Å²) >= 11 is 21.6. The number of nitrogen functional groups attached to an aromatic ring is 1. The van der Waals surface area contributed by atoms with Gasteiger partial charge in [-0.2, -0.15) is 6.42 Å². The van der Waals surface area contributed by atoms with Crippen molar-refractivity contribution in [3.05, 3.63) is 104 Å². The van der Waals surface area contributed by atoms with Gasteiger partial charge < -0.3 is 29.6 Å². The molecule has 0 amide bonds. The van der Waals surface area contributed by atoms with Gasteiger partial charge in [0.05, 0.1) is 45.7 Å². The van der Waals surface area contributed by atoms with E-state index in [0.29, 0.717) is 12.1 Å². The normalized spacial score (nSPS) is 10.7. The minimum Gasteiger partial charge on any atom is -1.00 e. The molecule has 0 saturated heterocycles. The summed E-state index contributed by atoms with van der Waals surface area (Å²) in [4.78, 5) is 25.5. The Morgan fingerprint density at radius 3 is 1.15 bits per heavy atom. The second-order valence-corrected chi connectivity index (χ2v) is 27.3. The third-order valence-corrected chi connectivity index (χ3v) is 18.7. The maximum absolute atomic E-state index is 10.2. The van der Waals surface area contributed by atoms with Crippen LogP contribution in [0.5, 0.6) is 0 Å². The first kappa shape index (κ1) is 78.9. The molecule has 0 spiro atoms. The van der Waals surface area contributed by atoms with Gasteiger partial charge in [-0.25, -0.2) is 15.0 Å². The Morgan fingerprint density at radius 1 is 0.476 bits per heavy atom. The number of rotatable bonds is 34. The summed E-state index contributed by atoms with van der Waals surface area (Å²) in [6.45, 7) is 15.1. The third-order valence-electron chi connectivity index (χ3n) is 13.9. The number of hydrogen-bond acceptors (Lipinski definition) is 9. The first-order chi connectivity index (χ1) is 38.9. The summed E-state index contributed by atoms with van der Waals surface area (Å²) in [6.07, 6.45) is 43.5. The SMILES string of the molecule is CCCCCCCC(=O)Cl.CCCCCCCc1nc2ccc(-c3ccc4nc(CCCCCCC)sc4c3)cc2s1.CCCCCCCc1nc2ccc(Br)cc2s1.Nc1ccc(Br)cc1S.[Br-].[CH2-]CCCCCCCCCCC.[Mg+2]. The number of thiol groups is 1. The molecule has 0 saturated carbocycles. The molecule has 0 fully saturated rings. The van der Waals surface area contributed by atoms with E-state index in [1.165, 1.54) is 214 Å². The van der Waals surface area contributed by atoms with Crippen LogP contribution < -0.4 is 22.7 Å². The van der Waals surface area contributed by atoms with Gasteiger partial charge in [-0.05, 0) is 128 Å². The number of carbonyl (C=O) groups is 1. The fourth-order valence-electron chi connectivity index (χ4n) is 9.08. The van der Waals surface area contributed by atoms with Crippen molar-refractivity contribution in [2.45, 2.75) is 258 Å². The maximum atomic E-state index is 10.2. The number of hydrogen-bond donors (Lipinski definition) is 2. The van der Waals surface area contributed by atoms with Gasteiger partial charge in [0, 0.05) is 25.9 Å². The van der Waals surface area contributed by atoms with E-state index < -0.39 is 0 Å². The number of fused-ring (bicyclic) bond motifs is 3. The van der Waals surface area contributed by atoms with Crippen molar-refractivity contribution < 1.29 is 21.8 Å². The molecule has 0 aliphatic rings. The van der Waals surface area contributed by atoms with Crippen LogP contribution in [-0.4, -0.2) is 43.2 Å². The molecule has 3 heterocycles. The molecular formula is C68H100Br3ClMgN4OS4. The Kier molecular flexibility index (Phi) is 48.9. The molecule has 452 valence electrons. The zero-order valence-electron chi connectivity index (χ0n) is 50.9. The van der Waals surface area contributed by atoms with Crippen molar-refractivity contribution in [3.8, 4) is 11.1 Å². The molecular weight excluding hydrogens is 1320 g/mol. The largest absolute Gasteiger partial charge is 2.00 e. The van der Waals surface area contributed by atoms with Crippen molar-refractivity contribution in [3.63, 3.8) is 0 Å². The van der Waals surface area contributed by atoms with Crippen molar-refractivity contribution in [1.29, 1.82) is 0 Å². The average molecular weight is 1420 g/mol. The summed E-state index contributed by atoms with van der Waals surface area (Å²) in [6, 6.07) is 25.4. The van der Waals surface area contributed by atoms with Gasteiger partial charge >= 0.3 is 23.1 Å². The van der Waals surface area contributed by atoms with Crippen LogP contribution in [0, 0.1) is 6.92 Å². The number of benzene rings is 4. The molecule has 14 heteroatoms. The predicted molar refractivity (Wildman–Crippen MR) is 376 cm³/mol. The van der Waals surface area contributed by atoms with Gasteiger partial charge in [0.25, 0.3) is 0 Å². The molecule has 7 rings (SSSR count). The number of nitrogens with two attached hydrogens (primary N) is 1. The first-order valence-corrected chi connectivity index (χ1v) is 35.9. The Balaban J connectivity index is 0.000000567. The number of halogens is 4. The van der Waals surface area contributed by atoms with Crippen LogP contribution >= 0.6 is 90.1 Å². The molecule has 0 atom stereocenters. The van der Waals surface area contributed by atoms with Gasteiger partial charge in [0.1, 0.15) is 0 Å². The van der Waals surface area contributed by atoms with Crippen molar-refractivity contribution >= 4 is 155 Å². The zero-order valence-corrected chi connectivity index (χ0v) is 61.2. The van der Waals surface area contributed by atoms with Gasteiger partial charge in [-0.3, -0.25) is 4.79 Å². The van der Waals surface area contributed by atoms with Gasteiger partial charge in [-0.15, -0.1) is 46.6 Å². The summed E-state index contributed by atoms with van der Waals surface area (Å²) in [5.74, 6) is 0. The molecule has 5 nitrogen and oxygen atoms in total. The zero-order chi connectivity index (χ0) is 58.0. The molecule has 4 aromatic carbocycles. The molecule has 0 aliphatic heterocycles. The van der Waals surface area contributed by atoms with Crippen LogP contribution in [0.3, 0.4) is 0 Å². The molecule has 2 N–H and O–H groups in total. The van der Waals surface area contributed by atoms with E-state index in [9.17, 15) is 4.79 Å². The fourth-order valence-corrected chi connectivity index (χ4v) is 13.6. The Labute approximate surface area is 564 Å². The molecule has 0 radical (unpaired) electrons. The molecule has 0 aliphatic carbocycles. The van der Waals surface area contributed by atoms with E-state index in [0.717, 1.165) is 68.9 Å². The second kappa shape index (κ2) is 50.8. The average Bonchev–Trinajstić information content (AvgIpc) is 4.19.